The molecule has 1 aliphatic rings. The van der Waals surface area contributed by atoms with E-state index in [0.717, 1.165) is 52.8 Å². The summed E-state index contributed by atoms with van der Waals surface area (Å²) in [5.74, 6) is 1.56. The molecule has 29 heavy (non-hydrogen) atoms. The van der Waals surface area contributed by atoms with Gasteiger partial charge >= 0.3 is 0 Å². The van der Waals surface area contributed by atoms with Gasteiger partial charge < -0.3 is 10.4 Å². The highest BCUT2D eigenvalue weighted by molar-refractivity contribution is 7.17. The highest BCUT2D eigenvalue weighted by Gasteiger charge is 2.22. The van der Waals surface area contributed by atoms with Gasteiger partial charge in [-0.3, -0.25) is 4.98 Å². The zero-order valence-electron chi connectivity index (χ0n) is 16.0. The molecule has 6 heteroatoms. The van der Waals surface area contributed by atoms with Crippen LogP contribution in [0.3, 0.4) is 0 Å². The maximum Gasteiger partial charge on any atom is 0.164 e. The van der Waals surface area contributed by atoms with Crippen LogP contribution in [0.2, 0.25) is 0 Å². The average molecular weight is 403 g/mol. The Morgan fingerprint density at radius 2 is 1.72 bits per heavy atom. The molecule has 1 saturated carbocycles. The third-order valence-electron chi connectivity index (χ3n) is 5.48. The molecule has 0 unspecified atom stereocenters. The van der Waals surface area contributed by atoms with E-state index >= 15 is 0 Å². The first kappa shape index (κ1) is 18.2. The van der Waals surface area contributed by atoms with Crippen molar-refractivity contribution in [2.24, 2.45) is 0 Å². The standard InChI is InChI=1S/C23H22N4OS/c28-18-10-8-17(9-11-18)25-22-20-19(15-5-2-1-3-6-15)14-29-23(20)27-21(26-22)16-7-4-12-24-13-16/h1-7,12-14,17-18,28H,8-11H2,(H,25,26,27). The second-order valence-corrected chi connectivity index (χ2v) is 8.34. The van der Waals surface area contributed by atoms with Crippen molar-refractivity contribution < 1.29 is 5.11 Å². The summed E-state index contributed by atoms with van der Waals surface area (Å²) in [7, 11) is 0. The maximum atomic E-state index is 9.86. The van der Waals surface area contributed by atoms with Gasteiger partial charge in [0.05, 0.1) is 11.5 Å². The number of aliphatic hydroxyl groups excluding tert-OH is 1. The Balaban J connectivity index is 1.62. The summed E-state index contributed by atoms with van der Waals surface area (Å²) in [4.78, 5) is 15.0. The van der Waals surface area contributed by atoms with E-state index in [9.17, 15) is 5.11 Å². The lowest BCUT2D eigenvalue weighted by Crippen LogP contribution is -2.28. The predicted octanol–water partition coefficient (Wildman–Crippen LogP) is 5.14. The van der Waals surface area contributed by atoms with Crippen LogP contribution >= 0.6 is 11.3 Å². The Morgan fingerprint density at radius 1 is 0.931 bits per heavy atom. The summed E-state index contributed by atoms with van der Waals surface area (Å²) in [6, 6.07) is 14.6. The number of aliphatic hydroxyl groups is 1. The second-order valence-electron chi connectivity index (χ2n) is 7.48. The van der Waals surface area contributed by atoms with Gasteiger partial charge in [0.2, 0.25) is 0 Å². The Kier molecular flexibility index (Phi) is 4.96. The van der Waals surface area contributed by atoms with Crippen LogP contribution in [-0.4, -0.2) is 32.2 Å². The summed E-state index contributed by atoms with van der Waals surface area (Å²) in [6.07, 6.45) is 6.93. The molecular formula is C23H22N4OS. The molecule has 0 atom stereocenters. The van der Waals surface area contributed by atoms with E-state index < -0.39 is 0 Å². The smallest absolute Gasteiger partial charge is 0.164 e. The Morgan fingerprint density at radius 3 is 2.48 bits per heavy atom. The normalized spacial score (nSPS) is 19.3. The molecule has 1 aromatic carbocycles. The van der Waals surface area contributed by atoms with Gasteiger partial charge in [-0.15, -0.1) is 11.3 Å². The highest BCUT2D eigenvalue weighted by Crippen LogP contribution is 2.39. The van der Waals surface area contributed by atoms with Gasteiger partial charge in [0.25, 0.3) is 0 Å². The maximum absolute atomic E-state index is 9.86. The van der Waals surface area contributed by atoms with Crippen LogP contribution in [0.25, 0.3) is 32.7 Å². The van der Waals surface area contributed by atoms with Crippen molar-refractivity contribution in [1.29, 1.82) is 0 Å². The van der Waals surface area contributed by atoms with Crippen LogP contribution in [0.5, 0.6) is 0 Å². The minimum Gasteiger partial charge on any atom is -0.393 e. The van der Waals surface area contributed by atoms with Crippen molar-refractivity contribution in [3.8, 4) is 22.5 Å². The number of benzene rings is 1. The van der Waals surface area contributed by atoms with Crippen LogP contribution < -0.4 is 5.32 Å². The van der Waals surface area contributed by atoms with Gasteiger partial charge in [0.1, 0.15) is 10.6 Å². The fourth-order valence-electron chi connectivity index (χ4n) is 3.91. The van der Waals surface area contributed by atoms with E-state index in [1.165, 1.54) is 5.56 Å². The number of fused-ring (bicyclic) bond motifs is 1. The molecule has 0 bridgehead atoms. The Hall–Kier alpha value is -2.83. The molecule has 146 valence electrons. The molecule has 1 fully saturated rings. The van der Waals surface area contributed by atoms with E-state index in [4.69, 9.17) is 9.97 Å². The van der Waals surface area contributed by atoms with Crippen LogP contribution in [0.15, 0.2) is 60.2 Å². The number of aromatic nitrogens is 3. The minimum absolute atomic E-state index is 0.176. The molecule has 1 aliphatic carbocycles. The number of rotatable bonds is 4. The monoisotopic (exact) mass is 402 g/mol. The lowest BCUT2D eigenvalue weighted by Gasteiger charge is -2.27. The summed E-state index contributed by atoms with van der Waals surface area (Å²) in [5, 5.41) is 16.8. The number of anilines is 1. The minimum atomic E-state index is -0.176. The lowest BCUT2D eigenvalue weighted by molar-refractivity contribution is 0.126. The first-order valence-corrected chi connectivity index (χ1v) is 10.9. The molecule has 0 spiro atoms. The molecule has 0 saturated heterocycles. The molecule has 2 N–H and O–H groups in total. The zero-order valence-corrected chi connectivity index (χ0v) is 16.8. The van der Waals surface area contributed by atoms with E-state index in [-0.39, 0.29) is 6.10 Å². The molecule has 3 heterocycles. The summed E-state index contributed by atoms with van der Waals surface area (Å²) >= 11 is 1.64. The Bertz CT molecular complexity index is 1110. The number of nitrogens with one attached hydrogen (secondary N) is 1. The number of hydrogen-bond acceptors (Lipinski definition) is 6. The number of hydrogen-bond donors (Lipinski definition) is 2. The molecule has 0 aliphatic heterocycles. The van der Waals surface area contributed by atoms with Gasteiger partial charge in [-0.05, 0) is 43.4 Å². The average Bonchev–Trinajstić information content (AvgIpc) is 3.21. The van der Waals surface area contributed by atoms with Crippen molar-refractivity contribution in [3.63, 3.8) is 0 Å². The zero-order chi connectivity index (χ0) is 19.6. The predicted molar refractivity (Wildman–Crippen MR) is 118 cm³/mol. The topological polar surface area (TPSA) is 70.9 Å². The van der Waals surface area contributed by atoms with Crippen molar-refractivity contribution in [2.75, 3.05) is 5.32 Å². The molecule has 0 amide bonds. The van der Waals surface area contributed by atoms with E-state index in [2.05, 4.69) is 39.9 Å². The quantitative estimate of drug-likeness (QED) is 0.495. The largest absolute Gasteiger partial charge is 0.393 e. The second kappa shape index (κ2) is 7.89. The lowest BCUT2D eigenvalue weighted by atomic mass is 9.93. The van der Waals surface area contributed by atoms with E-state index in [1.807, 2.05) is 18.2 Å². The number of nitrogens with zero attached hydrogens (tertiary/aromatic N) is 3. The fourth-order valence-corrected chi connectivity index (χ4v) is 4.86. The van der Waals surface area contributed by atoms with Gasteiger partial charge in [0.15, 0.2) is 5.82 Å². The van der Waals surface area contributed by atoms with E-state index in [1.54, 1.807) is 23.7 Å². The Labute approximate surface area is 173 Å². The summed E-state index contributed by atoms with van der Waals surface area (Å²) < 4.78 is 0. The van der Waals surface area contributed by atoms with Crippen molar-refractivity contribution in [3.05, 3.63) is 60.2 Å². The SMILES string of the molecule is OC1CCC(Nc2nc(-c3cccnc3)nc3scc(-c4ccccc4)c23)CC1. The van der Waals surface area contributed by atoms with Gasteiger partial charge in [-0.25, -0.2) is 9.97 Å². The molecule has 0 radical (unpaired) electrons. The molecule has 4 aromatic rings. The van der Waals surface area contributed by atoms with Crippen LogP contribution in [0.1, 0.15) is 25.7 Å². The van der Waals surface area contributed by atoms with Crippen LogP contribution in [0.4, 0.5) is 5.82 Å². The third-order valence-corrected chi connectivity index (χ3v) is 6.35. The van der Waals surface area contributed by atoms with Gasteiger partial charge in [-0.2, -0.15) is 0 Å². The molecule has 5 rings (SSSR count). The molecular weight excluding hydrogens is 380 g/mol. The third kappa shape index (κ3) is 3.73. The molecule has 3 aromatic heterocycles. The summed E-state index contributed by atoms with van der Waals surface area (Å²) in [6.45, 7) is 0. The van der Waals surface area contributed by atoms with Crippen LogP contribution in [-0.2, 0) is 0 Å². The van der Waals surface area contributed by atoms with Crippen molar-refractivity contribution in [1.82, 2.24) is 15.0 Å². The number of pyridine rings is 1. The number of thiophene rings is 1. The van der Waals surface area contributed by atoms with Gasteiger partial charge in [0, 0.05) is 34.9 Å². The highest BCUT2D eigenvalue weighted by atomic mass is 32.1. The van der Waals surface area contributed by atoms with Gasteiger partial charge in [-0.1, -0.05) is 30.3 Å². The van der Waals surface area contributed by atoms with Crippen LogP contribution in [0, 0.1) is 0 Å². The van der Waals surface area contributed by atoms with Crippen molar-refractivity contribution in [2.45, 2.75) is 37.8 Å². The first-order valence-electron chi connectivity index (χ1n) is 9.97. The first-order chi connectivity index (χ1) is 14.3. The van der Waals surface area contributed by atoms with Crippen molar-refractivity contribution >= 4 is 27.4 Å². The summed E-state index contributed by atoms with van der Waals surface area (Å²) in [5.41, 5.74) is 3.23. The molecule has 5 nitrogen and oxygen atoms in total. The van der Waals surface area contributed by atoms with E-state index in [0.29, 0.717) is 11.9 Å². The fraction of sp³-hybridized carbons (Fsp3) is 0.261.